The Kier molecular flexibility index (Phi) is 3.71. The van der Waals surface area contributed by atoms with Gasteiger partial charge in [0.05, 0.1) is 5.02 Å². The van der Waals surface area contributed by atoms with Crippen LogP contribution in [0.2, 0.25) is 5.02 Å². The number of carbonyl (C=O) groups excluding carboxylic acids is 1. The maximum atomic E-state index is 13.8. The number of nitrogens with zero attached hydrogens (tertiary/aromatic N) is 3. The standard InChI is InChI=1S/C12H15ClFN3O/c1-16(2)12(18)10-4-3-5-17(10)11-9(14)6-8(13)7-15-11/h6-7,10H,3-5H2,1-2H3. The average molecular weight is 272 g/mol. The molecule has 1 aliphatic rings. The fourth-order valence-corrected chi connectivity index (χ4v) is 2.34. The lowest BCUT2D eigenvalue weighted by Crippen LogP contribution is -2.43. The first-order valence-corrected chi connectivity index (χ1v) is 6.17. The first-order valence-electron chi connectivity index (χ1n) is 5.79. The van der Waals surface area contributed by atoms with Crippen LogP contribution in [0.4, 0.5) is 10.2 Å². The smallest absolute Gasteiger partial charge is 0.244 e. The van der Waals surface area contributed by atoms with E-state index in [1.54, 1.807) is 19.0 Å². The molecule has 1 fully saturated rings. The number of hydrogen-bond acceptors (Lipinski definition) is 3. The number of anilines is 1. The predicted molar refractivity (Wildman–Crippen MR) is 68.3 cm³/mol. The lowest BCUT2D eigenvalue weighted by atomic mass is 10.2. The molecule has 0 saturated carbocycles. The van der Waals surface area contributed by atoms with Gasteiger partial charge in [0, 0.05) is 26.8 Å². The second-order valence-electron chi connectivity index (χ2n) is 4.54. The van der Waals surface area contributed by atoms with Gasteiger partial charge in [-0.3, -0.25) is 4.79 Å². The van der Waals surface area contributed by atoms with E-state index in [0.29, 0.717) is 6.54 Å². The minimum atomic E-state index is -0.485. The van der Waals surface area contributed by atoms with Gasteiger partial charge in [-0.25, -0.2) is 9.37 Å². The van der Waals surface area contributed by atoms with Crippen molar-refractivity contribution in [3.8, 4) is 0 Å². The molecule has 6 heteroatoms. The third-order valence-electron chi connectivity index (χ3n) is 3.04. The minimum absolute atomic E-state index is 0.0244. The Balaban J connectivity index is 2.29. The molecule has 1 amide bonds. The summed E-state index contributed by atoms with van der Waals surface area (Å²) in [7, 11) is 3.40. The van der Waals surface area contributed by atoms with E-state index in [9.17, 15) is 9.18 Å². The highest BCUT2D eigenvalue weighted by Gasteiger charge is 2.33. The topological polar surface area (TPSA) is 36.4 Å². The number of carbonyl (C=O) groups is 1. The van der Waals surface area contributed by atoms with Crippen molar-refractivity contribution in [3.05, 3.63) is 23.1 Å². The fourth-order valence-electron chi connectivity index (χ4n) is 2.19. The van der Waals surface area contributed by atoms with Crippen LogP contribution in [-0.4, -0.2) is 42.5 Å². The van der Waals surface area contributed by atoms with Crippen molar-refractivity contribution >= 4 is 23.3 Å². The van der Waals surface area contributed by atoms with Gasteiger partial charge in [0.2, 0.25) is 5.91 Å². The average Bonchev–Trinajstić information content (AvgIpc) is 2.76. The number of pyridine rings is 1. The summed E-state index contributed by atoms with van der Waals surface area (Å²) in [5.41, 5.74) is 0. The monoisotopic (exact) mass is 271 g/mol. The Morgan fingerprint density at radius 3 is 2.94 bits per heavy atom. The fraction of sp³-hybridized carbons (Fsp3) is 0.500. The van der Waals surface area contributed by atoms with Crippen molar-refractivity contribution < 1.29 is 9.18 Å². The van der Waals surface area contributed by atoms with E-state index in [0.717, 1.165) is 12.8 Å². The van der Waals surface area contributed by atoms with E-state index < -0.39 is 5.82 Å². The highest BCUT2D eigenvalue weighted by Crippen LogP contribution is 2.28. The van der Waals surface area contributed by atoms with Crippen LogP contribution in [0.25, 0.3) is 0 Å². The van der Waals surface area contributed by atoms with Gasteiger partial charge < -0.3 is 9.80 Å². The molecule has 1 aromatic rings. The summed E-state index contributed by atoms with van der Waals surface area (Å²) in [5.74, 6) is -0.304. The number of likely N-dealkylation sites (N-methyl/N-ethyl adjacent to an activating group) is 1. The molecule has 1 atom stereocenters. The number of amides is 1. The van der Waals surface area contributed by atoms with Gasteiger partial charge in [0.25, 0.3) is 0 Å². The van der Waals surface area contributed by atoms with Crippen LogP contribution in [0, 0.1) is 5.82 Å². The molecule has 0 aliphatic carbocycles. The zero-order valence-corrected chi connectivity index (χ0v) is 11.1. The molecule has 0 radical (unpaired) electrons. The van der Waals surface area contributed by atoms with Gasteiger partial charge in [0.15, 0.2) is 11.6 Å². The molecule has 1 aliphatic heterocycles. The van der Waals surface area contributed by atoms with Crippen LogP contribution in [0.3, 0.4) is 0 Å². The van der Waals surface area contributed by atoms with Crippen molar-refractivity contribution in [2.75, 3.05) is 25.5 Å². The first kappa shape index (κ1) is 13.1. The molecule has 0 aromatic carbocycles. The van der Waals surface area contributed by atoms with Gasteiger partial charge in [0.1, 0.15) is 6.04 Å². The summed E-state index contributed by atoms with van der Waals surface area (Å²) in [4.78, 5) is 19.3. The summed E-state index contributed by atoms with van der Waals surface area (Å²) in [6.07, 6.45) is 2.98. The lowest BCUT2D eigenvalue weighted by molar-refractivity contribution is -0.129. The summed E-state index contributed by atoms with van der Waals surface area (Å²) in [6.45, 7) is 0.635. The molecular formula is C12H15ClFN3O. The number of aromatic nitrogens is 1. The van der Waals surface area contributed by atoms with Crippen molar-refractivity contribution in [1.29, 1.82) is 0 Å². The Morgan fingerprint density at radius 1 is 1.61 bits per heavy atom. The molecule has 0 N–H and O–H groups in total. The molecular weight excluding hydrogens is 257 g/mol. The molecule has 2 heterocycles. The molecule has 1 unspecified atom stereocenters. The quantitative estimate of drug-likeness (QED) is 0.825. The molecule has 2 rings (SSSR count). The Morgan fingerprint density at radius 2 is 2.33 bits per heavy atom. The van der Waals surface area contributed by atoms with Crippen molar-refractivity contribution in [3.63, 3.8) is 0 Å². The van der Waals surface area contributed by atoms with E-state index in [1.807, 2.05) is 0 Å². The number of hydrogen-bond donors (Lipinski definition) is 0. The second-order valence-corrected chi connectivity index (χ2v) is 4.98. The van der Waals surface area contributed by atoms with Crippen LogP contribution in [0.1, 0.15) is 12.8 Å². The summed E-state index contributed by atoms with van der Waals surface area (Å²) in [6, 6.07) is 0.891. The Hall–Kier alpha value is -1.36. The van der Waals surface area contributed by atoms with Crippen molar-refractivity contribution in [2.24, 2.45) is 0 Å². The predicted octanol–water partition coefficient (Wildman–Crippen LogP) is 1.93. The van der Waals surface area contributed by atoms with Gasteiger partial charge in [-0.1, -0.05) is 11.6 Å². The molecule has 4 nitrogen and oxygen atoms in total. The molecule has 0 bridgehead atoms. The van der Waals surface area contributed by atoms with E-state index in [4.69, 9.17) is 11.6 Å². The SMILES string of the molecule is CN(C)C(=O)C1CCCN1c1ncc(Cl)cc1F. The molecule has 1 saturated heterocycles. The number of halogens is 2. The summed E-state index contributed by atoms with van der Waals surface area (Å²) < 4.78 is 13.8. The van der Waals surface area contributed by atoms with Gasteiger partial charge in [-0.2, -0.15) is 0 Å². The van der Waals surface area contributed by atoms with Crippen LogP contribution in [0.5, 0.6) is 0 Å². The second kappa shape index (κ2) is 5.10. The molecule has 1 aromatic heterocycles. The van der Waals surface area contributed by atoms with Crippen molar-refractivity contribution in [2.45, 2.75) is 18.9 Å². The largest absolute Gasteiger partial charge is 0.347 e. The van der Waals surface area contributed by atoms with E-state index in [-0.39, 0.29) is 22.8 Å². The van der Waals surface area contributed by atoms with Gasteiger partial charge in [-0.15, -0.1) is 0 Å². The van der Waals surface area contributed by atoms with Gasteiger partial charge in [-0.05, 0) is 18.9 Å². The van der Waals surface area contributed by atoms with E-state index >= 15 is 0 Å². The highest BCUT2D eigenvalue weighted by atomic mass is 35.5. The minimum Gasteiger partial charge on any atom is -0.347 e. The van der Waals surface area contributed by atoms with Gasteiger partial charge >= 0.3 is 0 Å². The molecule has 18 heavy (non-hydrogen) atoms. The maximum Gasteiger partial charge on any atom is 0.244 e. The van der Waals surface area contributed by atoms with E-state index in [1.165, 1.54) is 17.2 Å². The normalized spacial score (nSPS) is 19.1. The van der Waals surface area contributed by atoms with Crippen LogP contribution < -0.4 is 4.90 Å². The first-order chi connectivity index (χ1) is 8.50. The highest BCUT2D eigenvalue weighted by molar-refractivity contribution is 6.30. The number of rotatable bonds is 2. The maximum absolute atomic E-state index is 13.8. The van der Waals surface area contributed by atoms with Crippen LogP contribution in [-0.2, 0) is 4.79 Å². The summed E-state index contributed by atoms with van der Waals surface area (Å²) >= 11 is 5.68. The van der Waals surface area contributed by atoms with Crippen molar-refractivity contribution in [1.82, 2.24) is 9.88 Å². The third-order valence-corrected chi connectivity index (χ3v) is 3.25. The zero-order chi connectivity index (χ0) is 13.3. The molecule has 0 spiro atoms. The zero-order valence-electron chi connectivity index (χ0n) is 10.4. The molecule has 98 valence electrons. The Labute approximate surface area is 110 Å². The third kappa shape index (κ3) is 2.41. The van der Waals surface area contributed by atoms with E-state index in [2.05, 4.69) is 4.98 Å². The van der Waals surface area contributed by atoms with Crippen LogP contribution in [0.15, 0.2) is 12.3 Å². The summed E-state index contributed by atoms with van der Waals surface area (Å²) in [5, 5.41) is 0.255. The van der Waals surface area contributed by atoms with Crippen LogP contribution >= 0.6 is 11.6 Å². The lowest BCUT2D eigenvalue weighted by Gasteiger charge is -2.27. The Bertz CT molecular complexity index is 467.